The summed E-state index contributed by atoms with van der Waals surface area (Å²) in [5.41, 5.74) is 2.50. The van der Waals surface area contributed by atoms with Gasteiger partial charge < -0.3 is 15.0 Å². The molecule has 0 aliphatic carbocycles. The van der Waals surface area contributed by atoms with E-state index in [4.69, 9.17) is 4.74 Å². The van der Waals surface area contributed by atoms with Crippen LogP contribution in [0, 0.1) is 0 Å². The van der Waals surface area contributed by atoms with Crippen LogP contribution < -0.4 is 5.32 Å². The maximum absolute atomic E-state index is 12.2. The number of carbonyl (C=O) groups excluding carboxylic acids is 1. The number of halogens is 1. The summed E-state index contributed by atoms with van der Waals surface area (Å²) in [6.07, 6.45) is 2.08. The van der Waals surface area contributed by atoms with Crippen LogP contribution in [0.2, 0.25) is 0 Å². The number of fused-ring (bicyclic) bond motifs is 1. The smallest absolute Gasteiger partial charge is 0.225 e. The van der Waals surface area contributed by atoms with Crippen LogP contribution in [0.5, 0.6) is 0 Å². The minimum Gasteiger partial charge on any atom is -0.375 e. The Morgan fingerprint density at radius 1 is 1.39 bits per heavy atom. The second kappa shape index (κ2) is 8.19. The summed E-state index contributed by atoms with van der Waals surface area (Å²) in [5, 5.41) is 3.23. The molecule has 0 bridgehead atoms. The molecule has 6 nitrogen and oxygen atoms in total. The van der Waals surface area contributed by atoms with Crippen LogP contribution in [-0.4, -0.2) is 53.6 Å². The van der Waals surface area contributed by atoms with Crippen LogP contribution in [0.15, 0.2) is 30.5 Å². The summed E-state index contributed by atoms with van der Waals surface area (Å²) in [6.45, 7) is 2.71. The van der Waals surface area contributed by atoms with Crippen LogP contribution in [0.4, 0.5) is 0 Å². The largest absolute Gasteiger partial charge is 0.375 e. The molecule has 124 valence electrons. The van der Waals surface area contributed by atoms with Crippen molar-refractivity contribution in [2.24, 2.45) is 0 Å². The van der Waals surface area contributed by atoms with Crippen molar-refractivity contribution in [3.63, 3.8) is 0 Å². The van der Waals surface area contributed by atoms with Gasteiger partial charge >= 0.3 is 0 Å². The number of amides is 1. The van der Waals surface area contributed by atoms with Crippen LogP contribution in [-0.2, 0) is 16.1 Å². The van der Waals surface area contributed by atoms with E-state index in [-0.39, 0.29) is 24.4 Å². The van der Waals surface area contributed by atoms with Crippen LogP contribution in [0.25, 0.3) is 11.0 Å². The summed E-state index contributed by atoms with van der Waals surface area (Å²) in [5.74, 6) is 0.0589. The molecule has 1 N–H and O–H groups in total. The molecule has 1 unspecified atom stereocenters. The highest BCUT2D eigenvalue weighted by atomic mass is 35.5. The highest BCUT2D eigenvalue weighted by Gasteiger charge is 2.20. The normalized spacial score (nSPS) is 17.5. The van der Waals surface area contributed by atoms with E-state index in [9.17, 15) is 4.79 Å². The average molecular weight is 337 g/mol. The number of hydrogen-bond acceptors (Lipinski definition) is 5. The highest BCUT2D eigenvalue weighted by molar-refractivity contribution is 5.85. The number of morpholine rings is 1. The molecule has 1 aliphatic rings. The van der Waals surface area contributed by atoms with Gasteiger partial charge in [-0.2, -0.15) is 0 Å². The number of nitrogens with zero attached hydrogens (tertiary/aromatic N) is 3. The number of rotatable bonds is 4. The van der Waals surface area contributed by atoms with Gasteiger partial charge in [-0.25, -0.2) is 4.98 Å². The number of carbonyl (C=O) groups is 1. The lowest BCUT2D eigenvalue weighted by Gasteiger charge is -2.25. The Morgan fingerprint density at radius 2 is 2.17 bits per heavy atom. The van der Waals surface area contributed by atoms with Crippen molar-refractivity contribution >= 4 is 29.3 Å². The van der Waals surface area contributed by atoms with E-state index in [0.29, 0.717) is 19.6 Å². The number of nitrogens with one attached hydrogen (secondary N) is 1. The van der Waals surface area contributed by atoms with Crippen LogP contribution in [0.1, 0.15) is 12.1 Å². The second-order valence-electron chi connectivity index (χ2n) is 5.50. The van der Waals surface area contributed by atoms with E-state index in [1.54, 1.807) is 18.1 Å². The van der Waals surface area contributed by atoms with Crippen LogP contribution >= 0.6 is 12.4 Å². The van der Waals surface area contributed by atoms with Gasteiger partial charge in [-0.05, 0) is 12.1 Å². The minimum atomic E-state index is -0.0358. The standard InChI is InChI=1S/C16H20N4O2.ClH/c1-20(16(21)8-13-10-17-6-7-22-13)11-12-9-18-14-4-2-3-5-15(14)19-12;/h2-5,9,13,17H,6-8,10-11H2,1H3;1H. The van der Waals surface area contributed by atoms with Gasteiger partial charge in [-0.3, -0.25) is 9.78 Å². The topological polar surface area (TPSA) is 67.4 Å². The third-order valence-electron chi connectivity index (χ3n) is 3.73. The molecular formula is C16H21ClN4O2. The second-order valence-corrected chi connectivity index (χ2v) is 5.50. The fourth-order valence-corrected chi connectivity index (χ4v) is 2.50. The van der Waals surface area contributed by atoms with Crippen molar-refractivity contribution in [1.29, 1.82) is 0 Å². The molecule has 1 fully saturated rings. The maximum atomic E-state index is 12.2. The third-order valence-corrected chi connectivity index (χ3v) is 3.73. The van der Waals surface area contributed by atoms with Gasteiger partial charge in [0, 0.05) is 20.1 Å². The summed E-state index contributed by atoms with van der Waals surface area (Å²) in [4.78, 5) is 22.8. The van der Waals surface area contributed by atoms with Gasteiger partial charge in [0.2, 0.25) is 5.91 Å². The van der Waals surface area contributed by atoms with E-state index >= 15 is 0 Å². The fourth-order valence-electron chi connectivity index (χ4n) is 2.50. The molecule has 3 rings (SSSR count). The summed E-state index contributed by atoms with van der Waals surface area (Å²) < 4.78 is 5.57. The van der Waals surface area contributed by atoms with Gasteiger partial charge in [0.25, 0.3) is 0 Å². The number of aromatic nitrogens is 2. The predicted octanol–water partition coefficient (Wildman–Crippen LogP) is 1.39. The fraction of sp³-hybridized carbons (Fsp3) is 0.438. The van der Waals surface area contributed by atoms with Gasteiger partial charge in [0.1, 0.15) is 0 Å². The van der Waals surface area contributed by atoms with E-state index < -0.39 is 0 Å². The molecule has 1 atom stereocenters. The molecule has 1 amide bonds. The Balaban J connectivity index is 0.00000192. The molecule has 0 radical (unpaired) electrons. The summed E-state index contributed by atoms with van der Waals surface area (Å²) >= 11 is 0. The molecule has 1 aromatic carbocycles. The molecule has 0 spiro atoms. The van der Waals surface area contributed by atoms with Crippen molar-refractivity contribution in [2.45, 2.75) is 19.1 Å². The summed E-state index contributed by atoms with van der Waals surface area (Å²) in [6, 6.07) is 7.72. The first-order valence-electron chi connectivity index (χ1n) is 7.49. The van der Waals surface area contributed by atoms with Crippen LogP contribution in [0.3, 0.4) is 0 Å². The number of ether oxygens (including phenoxy) is 1. The lowest BCUT2D eigenvalue weighted by atomic mass is 10.2. The molecule has 1 aliphatic heterocycles. The predicted molar refractivity (Wildman–Crippen MR) is 90.5 cm³/mol. The lowest BCUT2D eigenvalue weighted by Crippen LogP contribution is -2.41. The number of para-hydroxylation sites is 2. The van der Waals surface area contributed by atoms with Gasteiger partial charge in [0.15, 0.2) is 0 Å². The zero-order valence-electron chi connectivity index (χ0n) is 13.1. The SMILES string of the molecule is CN(Cc1cnc2ccccc2n1)C(=O)CC1CNCCO1.Cl. The lowest BCUT2D eigenvalue weighted by molar-refractivity contribution is -0.134. The van der Waals surface area contributed by atoms with Crippen molar-refractivity contribution in [2.75, 3.05) is 26.7 Å². The van der Waals surface area contributed by atoms with Crippen molar-refractivity contribution in [3.8, 4) is 0 Å². The zero-order valence-corrected chi connectivity index (χ0v) is 13.9. The Kier molecular flexibility index (Phi) is 6.27. The Labute approximate surface area is 141 Å². The monoisotopic (exact) mass is 336 g/mol. The van der Waals surface area contributed by atoms with E-state index in [2.05, 4.69) is 15.3 Å². The first kappa shape index (κ1) is 17.6. The molecule has 1 aromatic heterocycles. The molecule has 7 heteroatoms. The zero-order chi connectivity index (χ0) is 15.4. The Hall–Kier alpha value is -1.76. The van der Waals surface area contributed by atoms with E-state index in [1.807, 2.05) is 24.3 Å². The first-order chi connectivity index (χ1) is 10.7. The molecule has 1 saturated heterocycles. The maximum Gasteiger partial charge on any atom is 0.225 e. The quantitative estimate of drug-likeness (QED) is 0.914. The molecular weight excluding hydrogens is 316 g/mol. The highest BCUT2D eigenvalue weighted by Crippen LogP contribution is 2.11. The molecule has 23 heavy (non-hydrogen) atoms. The first-order valence-corrected chi connectivity index (χ1v) is 7.49. The average Bonchev–Trinajstić information content (AvgIpc) is 2.55. The molecule has 2 aromatic rings. The Bertz CT molecular complexity index is 661. The molecule has 2 heterocycles. The van der Waals surface area contributed by atoms with Gasteiger partial charge in [0.05, 0.1) is 48.6 Å². The van der Waals surface area contributed by atoms with Crippen molar-refractivity contribution in [1.82, 2.24) is 20.2 Å². The van der Waals surface area contributed by atoms with E-state index in [1.165, 1.54) is 0 Å². The summed E-state index contributed by atoms with van der Waals surface area (Å²) in [7, 11) is 1.79. The third kappa shape index (κ3) is 4.60. The molecule has 0 saturated carbocycles. The minimum absolute atomic E-state index is 0. The number of benzene rings is 1. The van der Waals surface area contributed by atoms with Gasteiger partial charge in [-0.1, -0.05) is 12.1 Å². The van der Waals surface area contributed by atoms with Gasteiger partial charge in [-0.15, -0.1) is 12.4 Å². The number of hydrogen-bond donors (Lipinski definition) is 1. The van der Waals surface area contributed by atoms with E-state index in [0.717, 1.165) is 29.8 Å². The van der Waals surface area contributed by atoms with Crippen molar-refractivity contribution < 1.29 is 9.53 Å². The van der Waals surface area contributed by atoms with Crippen molar-refractivity contribution in [3.05, 3.63) is 36.2 Å². The Morgan fingerprint density at radius 3 is 2.91 bits per heavy atom.